The van der Waals surface area contributed by atoms with Crippen LogP contribution in [-0.2, 0) is 53.4 Å². The summed E-state index contributed by atoms with van der Waals surface area (Å²) in [4.78, 5) is 70.2. The van der Waals surface area contributed by atoms with Gasteiger partial charge in [-0.1, -0.05) is 38.1 Å². The number of hydrogen-bond acceptors (Lipinski definition) is 9. The maximum Gasteiger partial charge on any atom is 0.410 e. The number of alkyl carbamates (subject to hydrolysis) is 1. The number of fused-ring (bicyclic) bond motifs is 3. The highest BCUT2D eigenvalue weighted by molar-refractivity contribution is 7.91. The SMILES string of the molecule is C=CC1CC1(NC(=O)C1CC2CN1C(=O)C(CC(F)F)NC(=O)OCC(C)(C)CCCc1cccc3c1CN(C3)C(=O)O2)C(=O)NS(=O)(=O)C1CC1. The first-order chi connectivity index (χ1) is 24.5. The first-order valence-corrected chi connectivity index (χ1v) is 19.1. The van der Waals surface area contributed by atoms with Gasteiger partial charge in [0.2, 0.25) is 28.3 Å². The Morgan fingerprint density at radius 1 is 1.15 bits per heavy atom. The lowest BCUT2D eigenvalue weighted by atomic mass is 9.86. The lowest BCUT2D eigenvalue weighted by Gasteiger charge is -2.30. The minimum atomic E-state index is -3.97. The number of nitrogens with one attached hydrogen (secondary N) is 3. The third-order valence-corrected chi connectivity index (χ3v) is 12.4. The molecule has 1 aromatic rings. The van der Waals surface area contributed by atoms with Crippen LogP contribution < -0.4 is 15.4 Å². The molecule has 14 nitrogen and oxygen atoms in total. The van der Waals surface area contributed by atoms with E-state index in [1.54, 1.807) is 0 Å². The van der Waals surface area contributed by atoms with Gasteiger partial charge in [-0.25, -0.2) is 26.8 Å². The van der Waals surface area contributed by atoms with Gasteiger partial charge in [0.05, 0.1) is 18.4 Å². The van der Waals surface area contributed by atoms with Crippen LogP contribution in [0.15, 0.2) is 30.9 Å². The second-order valence-electron chi connectivity index (χ2n) is 15.3. The Morgan fingerprint density at radius 2 is 1.88 bits per heavy atom. The van der Waals surface area contributed by atoms with E-state index in [1.165, 1.54) is 11.0 Å². The number of sulfonamides is 1. The molecule has 0 aromatic heterocycles. The molecule has 0 spiro atoms. The van der Waals surface area contributed by atoms with Crippen LogP contribution in [0.4, 0.5) is 18.4 Å². The van der Waals surface area contributed by atoms with Gasteiger partial charge in [0.25, 0.3) is 5.91 Å². The quantitative estimate of drug-likeness (QED) is 0.337. The second-order valence-corrected chi connectivity index (χ2v) is 17.2. The zero-order valence-corrected chi connectivity index (χ0v) is 30.0. The smallest absolute Gasteiger partial charge is 0.410 e. The summed E-state index contributed by atoms with van der Waals surface area (Å²) >= 11 is 0. The second kappa shape index (κ2) is 14.3. The van der Waals surface area contributed by atoms with Crippen LogP contribution in [0.25, 0.3) is 0 Å². The topological polar surface area (TPSA) is 181 Å². The van der Waals surface area contributed by atoms with Crippen LogP contribution in [-0.4, -0.2) is 96.7 Å². The number of cyclic esters (lactones) is 1. The van der Waals surface area contributed by atoms with Gasteiger partial charge < -0.3 is 25.0 Å². The van der Waals surface area contributed by atoms with Gasteiger partial charge in [0.1, 0.15) is 23.7 Å². The highest BCUT2D eigenvalue weighted by Gasteiger charge is 2.62. The molecule has 5 amide bonds. The zero-order valence-electron chi connectivity index (χ0n) is 29.2. The molecule has 3 aliphatic heterocycles. The lowest BCUT2D eigenvalue weighted by Crippen LogP contribution is -2.58. The first-order valence-electron chi connectivity index (χ1n) is 17.6. The van der Waals surface area contributed by atoms with E-state index in [4.69, 9.17) is 9.47 Å². The Bertz CT molecular complexity index is 1750. The number of amides is 5. The van der Waals surface area contributed by atoms with Crippen molar-refractivity contribution in [3.8, 4) is 0 Å². The average molecular weight is 750 g/mol. The number of ether oxygens (including phenoxy) is 2. The molecule has 5 atom stereocenters. The third-order valence-electron chi connectivity index (χ3n) is 10.6. The fraction of sp³-hybridized carbons (Fsp3) is 0.629. The monoisotopic (exact) mass is 749 g/mol. The van der Waals surface area contributed by atoms with Gasteiger partial charge in [-0.05, 0) is 60.6 Å². The fourth-order valence-corrected chi connectivity index (χ4v) is 8.70. The maximum atomic E-state index is 14.0. The number of carbonyl (C=O) groups is 5. The number of nitrogens with zero attached hydrogens (tertiary/aromatic N) is 2. The van der Waals surface area contributed by atoms with Crippen molar-refractivity contribution in [2.75, 3.05) is 13.2 Å². The van der Waals surface area contributed by atoms with E-state index in [1.807, 2.05) is 32.0 Å². The third kappa shape index (κ3) is 8.03. The van der Waals surface area contributed by atoms with Crippen LogP contribution in [0.2, 0.25) is 0 Å². The minimum Gasteiger partial charge on any atom is -0.449 e. The number of aryl methyl sites for hydroxylation is 1. The van der Waals surface area contributed by atoms with Crippen molar-refractivity contribution in [2.45, 2.75) is 114 Å². The summed E-state index contributed by atoms with van der Waals surface area (Å²) in [5, 5.41) is 4.13. The Morgan fingerprint density at radius 3 is 2.56 bits per heavy atom. The van der Waals surface area contributed by atoms with E-state index in [0.717, 1.165) is 28.0 Å². The normalized spacial score (nSPS) is 29.2. The molecule has 5 aliphatic rings. The van der Waals surface area contributed by atoms with Crippen molar-refractivity contribution in [1.29, 1.82) is 0 Å². The number of hydrogen-bond donors (Lipinski definition) is 3. The summed E-state index contributed by atoms with van der Waals surface area (Å²) in [6.07, 6.45) is -2.89. The average Bonchev–Trinajstić information content (AvgIpc) is 3.97. The maximum absolute atomic E-state index is 14.0. The Kier molecular flexibility index (Phi) is 10.3. The van der Waals surface area contributed by atoms with Crippen LogP contribution in [0.3, 0.4) is 0 Å². The summed E-state index contributed by atoms with van der Waals surface area (Å²) in [6.45, 7) is 7.62. The Balaban J connectivity index is 1.27. The standard InChI is InChI=1S/C35H45F2N5O9S/c1-4-22-15-35(22,31(45)40-52(48,49)24-10-11-24)39-29(43)27-13-23-17-42(27)30(44)26(14-28(36)37)38-32(46)50-19-34(2,3)12-6-9-20-7-5-8-21-16-41(18-25(20)21)33(47)51-23/h4-5,7-8,22-24,26-28H,1,6,9-19H2,2-3H3,(H,38,46)(H,39,43)(H,40,45). The minimum absolute atomic E-state index is 0.0304. The van der Waals surface area contributed by atoms with Gasteiger partial charge in [0, 0.05) is 31.8 Å². The number of alkyl halides is 2. The summed E-state index contributed by atoms with van der Waals surface area (Å²) in [5.41, 5.74) is 0.867. The van der Waals surface area contributed by atoms with Crippen molar-refractivity contribution in [3.05, 3.63) is 47.5 Å². The molecule has 4 bridgehead atoms. The molecule has 3 heterocycles. The summed E-state index contributed by atoms with van der Waals surface area (Å²) in [6, 6.07) is 2.62. The molecule has 5 unspecified atom stereocenters. The predicted molar refractivity (Wildman–Crippen MR) is 181 cm³/mol. The predicted octanol–water partition coefficient (Wildman–Crippen LogP) is 2.89. The van der Waals surface area contributed by atoms with Gasteiger partial charge >= 0.3 is 12.2 Å². The number of carbonyl (C=O) groups excluding carboxylic acids is 5. The number of benzene rings is 1. The molecule has 0 radical (unpaired) electrons. The summed E-state index contributed by atoms with van der Waals surface area (Å²) in [5.74, 6) is -3.53. The summed E-state index contributed by atoms with van der Waals surface area (Å²) < 4.78 is 66.2. The molecule has 52 heavy (non-hydrogen) atoms. The van der Waals surface area contributed by atoms with Crippen molar-refractivity contribution >= 4 is 39.9 Å². The van der Waals surface area contributed by atoms with Crippen molar-refractivity contribution < 1.29 is 50.6 Å². The van der Waals surface area contributed by atoms with Crippen molar-refractivity contribution in [1.82, 2.24) is 25.2 Å². The Hall–Kier alpha value is -4.28. The molecule has 1 saturated heterocycles. The molecule has 1 aromatic carbocycles. The lowest BCUT2D eigenvalue weighted by molar-refractivity contribution is -0.141. The van der Waals surface area contributed by atoms with Gasteiger partial charge in [0.15, 0.2) is 0 Å². The molecule has 3 fully saturated rings. The molecule has 2 saturated carbocycles. The highest BCUT2D eigenvalue weighted by atomic mass is 32.2. The molecule has 3 N–H and O–H groups in total. The van der Waals surface area contributed by atoms with Crippen LogP contribution in [0.1, 0.15) is 75.5 Å². The van der Waals surface area contributed by atoms with Gasteiger partial charge in [-0.3, -0.25) is 24.0 Å². The summed E-state index contributed by atoms with van der Waals surface area (Å²) in [7, 11) is -3.97. The van der Waals surface area contributed by atoms with Crippen molar-refractivity contribution in [2.24, 2.45) is 11.3 Å². The van der Waals surface area contributed by atoms with Gasteiger partial charge in [-0.15, -0.1) is 6.58 Å². The van der Waals surface area contributed by atoms with E-state index in [-0.39, 0.29) is 39.1 Å². The molecule has 6 rings (SSSR count). The highest BCUT2D eigenvalue weighted by Crippen LogP contribution is 2.45. The van der Waals surface area contributed by atoms with E-state index >= 15 is 0 Å². The van der Waals surface area contributed by atoms with Crippen LogP contribution >= 0.6 is 0 Å². The molecule has 284 valence electrons. The van der Waals surface area contributed by atoms with E-state index in [0.29, 0.717) is 25.7 Å². The molecule has 2 aliphatic carbocycles. The van der Waals surface area contributed by atoms with E-state index in [9.17, 15) is 41.2 Å². The number of rotatable bonds is 8. The van der Waals surface area contributed by atoms with E-state index in [2.05, 4.69) is 21.9 Å². The largest absolute Gasteiger partial charge is 0.449 e. The van der Waals surface area contributed by atoms with Crippen LogP contribution in [0.5, 0.6) is 0 Å². The molecular formula is C35H45F2N5O9S. The zero-order chi connectivity index (χ0) is 37.6. The fourth-order valence-electron chi connectivity index (χ4n) is 7.34. The van der Waals surface area contributed by atoms with Crippen molar-refractivity contribution in [3.63, 3.8) is 0 Å². The Labute approximate surface area is 301 Å². The molecular weight excluding hydrogens is 704 g/mol. The van der Waals surface area contributed by atoms with E-state index < -0.39 is 93.1 Å². The molecule has 17 heteroatoms. The van der Waals surface area contributed by atoms with Gasteiger partial charge in [-0.2, -0.15) is 0 Å². The first kappa shape index (κ1) is 37.5. The number of halogens is 2. The van der Waals surface area contributed by atoms with Crippen LogP contribution in [0, 0.1) is 11.3 Å².